The third-order valence-electron chi connectivity index (χ3n) is 2.32. The minimum absolute atomic E-state index is 0.229. The van der Waals surface area contributed by atoms with E-state index in [4.69, 9.17) is 0 Å². The number of nitrogens with one attached hydrogen (secondary N) is 2. The fourth-order valence-electron chi connectivity index (χ4n) is 1.42. The molecule has 0 atom stereocenters. The summed E-state index contributed by atoms with van der Waals surface area (Å²) in [4.78, 5) is 0.279. The van der Waals surface area contributed by atoms with E-state index >= 15 is 0 Å². The Bertz CT molecular complexity index is 591. The maximum Gasteiger partial charge on any atom is 0.240 e. The van der Waals surface area contributed by atoms with Crippen molar-refractivity contribution in [2.24, 2.45) is 0 Å². The first kappa shape index (κ1) is 11.8. The molecule has 2 rings (SSSR count). The molecule has 0 spiro atoms. The maximum absolute atomic E-state index is 11.9. The van der Waals surface area contributed by atoms with Gasteiger partial charge in [-0.3, -0.25) is 5.10 Å². The zero-order valence-electron chi connectivity index (χ0n) is 9.34. The van der Waals surface area contributed by atoms with Gasteiger partial charge in [-0.15, -0.1) is 0 Å². The quantitative estimate of drug-likeness (QED) is 0.857. The molecule has 0 amide bonds. The van der Waals surface area contributed by atoms with Crippen molar-refractivity contribution in [3.8, 4) is 0 Å². The van der Waals surface area contributed by atoms with Crippen LogP contribution in [0.4, 0.5) is 0 Å². The first-order valence-corrected chi connectivity index (χ1v) is 6.60. The van der Waals surface area contributed by atoms with Gasteiger partial charge in [0.2, 0.25) is 10.0 Å². The van der Waals surface area contributed by atoms with Gasteiger partial charge in [0.25, 0.3) is 0 Å². The van der Waals surface area contributed by atoms with Crippen molar-refractivity contribution >= 4 is 10.0 Å². The second-order valence-electron chi connectivity index (χ2n) is 3.75. The van der Waals surface area contributed by atoms with Crippen molar-refractivity contribution in [3.05, 3.63) is 47.8 Å². The molecule has 1 aromatic heterocycles. The minimum atomic E-state index is -3.45. The molecule has 0 aliphatic carbocycles. The Morgan fingerprint density at radius 2 is 2.24 bits per heavy atom. The SMILES string of the molecule is Cc1cccc(S(=O)(=O)NCc2cn[nH]c2)c1. The fourth-order valence-corrected chi connectivity index (χ4v) is 2.54. The molecule has 1 aromatic carbocycles. The predicted molar refractivity (Wildman–Crippen MR) is 63.8 cm³/mol. The number of rotatable bonds is 4. The molecule has 0 fully saturated rings. The first-order chi connectivity index (χ1) is 8.08. The van der Waals surface area contributed by atoms with Crippen molar-refractivity contribution < 1.29 is 8.42 Å². The first-order valence-electron chi connectivity index (χ1n) is 5.12. The highest BCUT2D eigenvalue weighted by Crippen LogP contribution is 2.11. The number of hydrogen-bond acceptors (Lipinski definition) is 3. The number of aromatic nitrogens is 2. The van der Waals surface area contributed by atoms with E-state index in [1.54, 1.807) is 30.6 Å². The fraction of sp³-hybridized carbons (Fsp3) is 0.182. The Morgan fingerprint density at radius 3 is 2.88 bits per heavy atom. The summed E-state index contributed by atoms with van der Waals surface area (Å²) in [5.74, 6) is 0. The van der Waals surface area contributed by atoms with Crippen LogP contribution in [0, 0.1) is 6.92 Å². The highest BCUT2D eigenvalue weighted by molar-refractivity contribution is 7.89. The molecule has 90 valence electrons. The second kappa shape index (κ2) is 4.68. The second-order valence-corrected chi connectivity index (χ2v) is 5.51. The summed E-state index contributed by atoms with van der Waals surface area (Å²) >= 11 is 0. The Balaban J connectivity index is 2.14. The standard InChI is InChI=1S/C11H13N3O2S/c1-9-3-2-4-11(5-9)17(15,16)14-8-10-6-12-13-7-10/h2-7,14H,8H2,1H3,(H,12,13). The van der Waals surface area contributed by atoms with Gasteiger partial charge >= 0.3 is 0 Å². The number of nitrogens with zero attached hydrogens (tertiary/aromatic N) is 1. The van der Waals surface area contributed by atoms with E-state index in [-0.39, 0.29) is 11.4 Å². The van der Waals surface area contributed by atoms with Gasteiger partial charge in [0.05, 0.1) is 11.1 Å². The van der Waals surface area contributed by atoms with Crippen molar-refractivity contribution in [1.82, 2.24) is 14.9 Å². The van der Waals surface area contributed by atoms with Crippen LogP contribution in [-0.2, 0) is 16.6 Å². The number of H-pyrrole nitrogens is 1. The van der Waals surface area contributed by atoms with Gasteiger partial charge in [-0.1, -0.05) is 12.1 Å². The molecule has 5 nitrogen and oxygen atoms in total. The van der Waals surface area contributed by atoms with Crippen molar-refractivity contribution in [3.63, 3.8) is 0 Å². The normalized spacial score (nSPS) is 11.6. The van der Waals surface area contributed by atoms with Crippen LogP contribution in [0.15, 0.2) is 41.6 Å². The Kier molecular flexibility index (Phi) is 3.26. The van der Waals surface area contributed by atoms with Gasteiger partial charge in [0.15, 0.2) is 0 Å². The van der Waals surface area contributed by atoms with Crippen LogP contribution in [0.25, 0.3) is 0 Å². The monoisotopic (exact) mass is 251 g/mol. The zero-order chi connectivity index (χ0) is 12.3. The van der Waals surface area contributed by atoms with E-state index < -0.39 is 10.0 Å². The average Bonchev–Trinajstić information content (AvgIpc) is 2.79. The third kappa shape index (κ3) is 2.92. The highest BCUT2D eigenvalue weighted by atomic mass is 32.2. The van der Waals surface area contributed by atoms with Crippen molar-refractivity contribution in [2.75, 3.05) is 0 Å². The van der Waals surface area contributed by atoms with E-state index in [0.29, 0.717) is 0 Å². The number of hydrogen-bond donors (Lipinski definition) is 2. The molecule has 6 heteroatoms. The average molecular weight is 251 g/mol. The van der Waals surface area contributed by atoms with Crippen LogP contribution in [0.3, 0.4) is 0 Å². The van der Waals surface area contributed by atoms with Gasteiger partial charge < -0.3 is 0 Å². The van der Waals surface area contributed by atoms with E-state index in [2.05, 4.69) is 14.9 Å². The molecule has 0 aliphatic rings. The molecular formula is C11H13N3O2S. The largest absolute Gasteiger partial charge is 0.285 e. The molecule has 0 bridgehead atoms. The van der Waals surface area contributed by atoms with Crippen LogP contribution in [0.5, 0.6) is 0 Å². The van der Waals surface area contributed by atoms with Crippen molar-refractivity contribution in [1.29, 1.82) is 0 Å². The minimum Gasteiger partial charge on any atom is -0.285 e. The summed E-state index contributed by atoms with van der Waals surface area (Å²) in [6, 6.07) is 6.79. The molecular weight excluding hydrogens is 238 g/mol. The summed E-state index contributed by atoms with van der Waals surface area (Å²) in [6.07, 6.45) is 3.23. The Labute approximate surface area is 99.9 Å². The lowest BCUT2D eigenvalue weighted by Gasteiger charge is -2.06. The van der Waals surface area contributed by atoms with Crippen LogP contribution < -0.4 is 4.72 Å². The summed E-state index contributed by atoms with van der Waals surface area (Å²) in [5.41, 5.74) is 1.71. The van der Waals surface area contributed by atoms with E-state index in [1.165, 1.54) is 0 Å². The number of aryl methyl sites for hydroxylation is 1. The molecule has 0 saturated carbocycles. The summed E-state index contributed by atoms with van der Waals surface area (Å²) in [5, 5.41) is 6.38. The van der Waals surface area contributed by atoms with Crippen LogP contribution >= 0.6 is 0 Å². The van der Waals surface area contributed by atoms with E-state index in [9.17, 15) is 8.42 Å². The predicted octanol–water partition coefficient (Wildman–Crippen LogP) is 1.20. The van der Waals surface area contributed by atoms with Crippen molar-refractivity contribution in [2.45, 2.75) is 18.4 Å². The summed E-state index contributed by atoms with van der Waals surface area (Å²) < 4.78 is 26.4. The summed E-state index contributed by atoms with van der Waals surface area (Å²) in [7, 11) is -3.45. The highest BCUT2D eigenvalue weighted by Gasteiger charge is 2.13. The Morgan fingerprint density at radius 1 is 1.41 bits per heavy atom. The molecule has 1 heterocycles. The number of benzene rings is 1. The van der Waals surface area contributed by atoms with Crippen LogP contribution in [0.2, 0.25) is 0 Å². The lowest BCUT2D eigenvalue weighted by atomic mass is 10.2. The van der Waals surface area contributed by atoms with Gasteiger partial charge in [0.1, 0.15) is 0 Å². The van der Waals surface area contributed by atoms with Gasteiger partial charge in [0, 0.05) is 18.3 Å². The summed E-state index contributed by atoms with van der Waals surface area (Å²) in [6.45, 7) is 2.09. The topological polar surface area (TPSA) is 74.8 Å². The van der Waals surface area contributed by atoms with Crippen LogP contribution in [0.1, 0.15) is 11.1 Å². The smallest absolute Gasteiger partial charge is 0.240 e. The molecule has 2 N–H and O–H groups in total. The molecule has 0 saturated heterocycles. The molecule has 0 radical (unpaired) electrons. The molecule has 0 unspecified atom stereocenters. The lowest BCUT2D eigenvalue weighted by molar-refractivity contribution is 0.581. The lowest BCUT2D eigenvalue weighted by Crippen LogP contribution is -2.23. The molecule has 17 heavy (non-hydrogen) atoms. The number of aromatic amines is 1. The van der Waals surface area contributed by atoms with E-state index in [0.717, 1.165) is 11.1 Å². The number of sulfonamides is 1. The Hall–Kier alpha value is -1.66. The van der Waals surface area contributed by atoms with E-state index in [1.807, 2.05) is 13.0 Å². The zero-order valence-corrected chi connectivity index (χ0v) is 10.2. The third-order valence-corrected chi connectivity index (χ3v) is 3.72. The molecule has 0 aliphatic heterocycles. The van der Waals surface area contributed by atoms with Gasteiger partial charge in [-0.25, -0.2) is 13.1 Å². The van der Waals surface area contributed by atoms with Gasteiger partial charge in [-0.2, -0.15) is 5.10 Å². The van der Waals surface area contributed by atoms with Gasteiger partial charge in [-0.05, 0) is 24.6 Å². The maximum atomic E-state index is 11.9. The van der Waals surface area contributed by atoms with Crippen LogP contribution in [-0.4, -0.2) is 18.6 Å². The molecule has 2 aromatic rings.